The zero-order valence-electron chi connectivity index (χ0n) is 9.20. The van der Waals surface area contributed by atoms with Crippen molar-refractivity contribution in [2.45, 2.75) is 53.9 Å². The Kier molecular flexibility index (Phi) is 5.06. The van der Waals surface area contributed by atoms with Crippen LogP contribution in [0.4, 0.5) is 0 Å². The van der Waals surface area contributed by atoms with Crippen LogP contribution in [0.15, 0.2) is 0 Å². The average Bonchev–Trinajstić information content (AvgIpc) is 1.98. The van der Waals surface area contributed by atoms with Crippen molar-refractivity contribution in [2.24, 2.45) is 11.3 Å². The Labute approximate surface area is 77.8 Å². The predicted octanol–water partition coefficient (Wildman–Crippen LogP) is 3.86. The van der Waals surface area contributed by atoms with Gasteiger partial charge in [-0.05, 0) is 24.7 Å². The Morgan fingerprint density at radius 2 is 1.83 bits per heavy atom. The number of hydrogen-bond acceptors (Lipinski definition) is 0. The first-order valence-corrected chi connectivity index (χ1v) is 4.87. The summed E-state index contributed by atoms with van der Waals surface area (Å²) in [6, 6.07) is 0. The molecule has 0 heterocycles. The molecule has 0 aliphatic heterocycles. The van der Waals surface area contributed by atoms with Gasteiger partial charge in [0.25, 0.3) is 0 Å². The van der Waals surface area contributed by atoms with Gasteiger partial charge in [0.05, 0.1) is 0 Å². The van der Waals surface area contributed by atoms with Gasteiger partial charge >= 0.3 is 0 Å². The monoisotopic (exact) mass is 166 g/mol. The van der Waals surface area contributed by atoms with Crippen molar-refractivity contribution in [2.75, 3.05) is 0 Å². The van der Waals surface area contributed by atoms with Gasteiger partial charge in [-0.25, -0.2) is 0 Å². The van der Waals surface area contributed by atoms with Crippen molar-refractivity contribution in [1.82, 2.24) is 0 Å². The molecule has 0 rings (SSSR count). The summed E-state index contributed by atoms with van der Waals surface area (Å²) in [5.41, 5.74) is 0.410. The van der Waals surface area contributed by atoms with Gasteiger partial charge in [0.2, 0.25) is 0 Å². The Balaban J connectivity index is 3.76. The van der Waals surface area contributed by atoms with E-state index in [-0.39, 0.29) is 0 Å². The molecule has 0 fully saturated rings. The minimum atomic E-state index is 0.410. The van der Waals surface area contributed by atoms with Gasteiger partial charge < -0.3 is 0 Å². The van der Waals surface area contributed by atoms with Crippen molar-refractivity contribution in [3.05, 3.63) is 0 Å². The predicted molar refractivity (Wildman–Crippen MR) is 55.9 cm³/mol. The van der Waals surface area contributed by atoms with Crippen molar-refractivity contribution in [1.29, 1.82) is 0 Å². The summed E-state index contributed by atoms with van der Waals surface area (Å²) in [4.78, 5) is 0. The lowest BCUT2D eigenvalue weighted by Crippen LogP contribution is -2.11. The Hall–Kier alpha value is -0.440. The quantitative estimate of drug-likeness (QED) is 0.556. The number of hydrogen-bond donors (Lipinski definition) is 0. The molecule has 0 aliphatic rings. The van der Waals surface area contributed by atoms with Crippen LogP contribution in [0.1, 0.15) is 53.9 Å². The molecule has 0 saturated carbocycles. The van der Waals surface area contributed by atoms with Gasteiger partial charge in [0.1, 0.15) is 0 Å². The molecule has 0 aromatic rings. The van der Waals surface area contributed by atoms with Gasteiger partial charge in [-0.1, -0.05) is 34.1 Å². The van der Waals surface area contributed by atoms with E-state index in [1.807, 2.05) is 6.92 Å². The minimum absolute atomic E-state index is 0.410. The minimum Gasteiger partial charge on any atom is -0.107 e. The molecule has 0 aromatic heterocycles. The SMILES string of the molecule is CC#CCC(C)(C)CCC(C)C. The second kappa shape index (κ2) is 5.25. The highest BCUT2D eigenvalue weighted by Gasteiger charge is 2.16. The lowest BCUT2D eigenvalue weighted by Gasteiger charge is -2.22. The maximum Gasteiger partial charge on any atom is 0.0140 e. The van der Waals surface area contributed by atoms with Crippen LogP contribution >= 0.6 is 0 Å². The lowest BCUT2D eigenvalue weighted by atomic mass is 9.83. The van der Waals surface area contributed by atoms with Crippen LogP contribution in [0.25, 0.3) is 0 Å². The number of rotatable bonds is 4. The van der Waals surface area contributed by atoms with E-state index in [0.717, 1.165) is 12.3 Å². The highest BCUT2D eigenvalue weighted by molar-refractivity contribution is 4.98. The summed E-state index contributed by atoms with van der Waals surface area (Å²) in [7, 11) is 0. The smallest absolute Gasteiger partial charge is 0.0140 e. The van der Waals surface area contributed by atoms with Crippen LogP contribution < -0.4 is 0 Å². The summed E-state index contributed by atoms with van der Waals surface area (Å²) in [5.74, 6) is 6.94. The van der Waals surface area contributed by atoms with Crippen LogP contribution in [0.5, 0.6) is 0 Å². The molecule has 0 saturated heterocycles. The summed E-state index contributed by atoms with van der Waals surface area (Å²) in [6.45, 7) is 11.1. The first-order chi connectivity index (χ1) is 5.48. The van der Waals surface area contributed by atoms with Crippen molar-refractivity contribution in [3.63, 3.8) is 0 Å². The topological polar surface area (TPSA) is 0 Å². The molecule has 0 amide bonds. The third-order valence-corrected chi connectivity index (χ3v) is 2.14. The molecule has 0 unspecified atom stereocenters. The first kappa shape index (κ1) is 11.6. The van der Waals surface area contributed by atoms with E-state index in [4.69, 9.17) is 0 Å². The Morgan fingerprint density at radius 1 is 1.25 bits per heavy atom. The molecule has 12 heavy (non-hydrogen) atoms. The van der Waals surface area contributed by atoms with E-state index in [0.29, 0.717) is 5.41 Å². The van der Waals surface area contributed by atoms with E-state index in [1.165, 1.54) is 12.8 Å². The second-order valence-electron chi connectivity index (χ2n) is 4.70. The molecule has 0 bridgehead atoms. The molecule has 0 aliphatic carbocycles. The third-order valence-electron chi connectivity index (χ3n) is 2.14. The fraction of sp³-hybridized carbons (Fsp3) is 0.833. The molecule has 0 spiro atoms. The van der Waals surface area contributed by atoms with E-state index in [2.05, 4.69) is 39.5 Å². The lowest BCUT2D eigenvalue weighted by molar-refractivity contribution is 0.312. The summed E-state index contributed by atoms with van der Waals surface area (Å²) in [5, 5.41) is 0. The van der Waals surface area contributed by atoms with Crippen LogP contribution in [0.3, 0.4) is 0 Å². The van der Waals surface area contributed by atoms with E-state index >= 15 is 0 Å². The van der Waals surface area contributed by atoms with Gasteiger partial charge in [0.15, 0.2) is 0 Å². The van der Waals surface area contributed by atoms with Crippen LogP contribution in [0, 0.1) is 23.2 Å². The van der Waals surface area contributed by atoms with Crippen molar-refractivity contribution < 1.29 is 0 Å². The molecular formula is C12H22. The molecule has 0 atom stereocenters. The molecular weight excluding hydrogens is 144 g/mol. The molecule has 0 N–H and O–H groups in total. The largest absolute Gasteiger partial charge is 0.107 e. The maximum atomic E-state index is 3.16. The van der Waals surface area contributed by atoms with Gasteiger partial charge in [-0.15, -0.1) is 11.8 Å². The summed E-state index contributed by atoms with van der Waals surface area (Å²) >= 11 is 0. The average molecular weight is 166 g/mol. The van der Waals surface area contributed by atoms with E-state index in [9.17, 15) is 0 Å². The maximum absolute atomic E-state index is 3.16. The van der Waals surface area contributed by atoms with Crippen molar-refractivity contribution >= 4 is 0 Å². The Morgan fingerprint density at radius 3 is 2.25 bits per heavy atom. The zero-order valence-corrected chi connectivity index (χ0v) is 9.20. The summed E-state index contributed by atoms with van der Waals surface area (Å²) in [6.07, 6.45) is 3.65. The van der Waals surface area contributed by atoms with Gasteiger partial charge in [-0.3, -0.25) is 0 Å². The fourth-order valence-electron chi connectivity index (χ4n) is 1.10. The molecule has 70 valence electrons. The zero-order chi connectivity index (χ0) is 9.61. The fourth-order valence-corrected chi connectivity index (χ4v) is 1.10. The van der Waals surface area contributed by atoms with Crippen molar-refractivity contribution in [3.8, 4) is 11.8 Å². The Bertz CT molecular complexity index is 164. The molecule has 0 aromatic carbocycles. The van der Waals surface area contributed by atoms with E-state index < -0.39 is 0 Å². The highest BCUT2D eigenvalue weighted by Crippen LogP contribution is 2.27. The van der Waals surface area contributed by atoms with Gasteiger partial charge in [0, 0.05) is 6.42 Å². The third kappa shape index (κ3) is 6.28. The van der Waals surface area contributed by atoms with Crippen LogP contribution in [0.2, 0.25) is 0 Å². The van der Waals surface area contributed by atoms with E-state index in [1.54, 1.807) is 0 Å². The standard InChI is InChI=1S/C12H22/c1-6-7-9-12(4,5)10-8-11(2)3/h11H,8-10H2,1-5H3. The molecule has 0 radical (unpaired) electrons. The van der Waals surface area contributed by atoms with Crippen LogP contribution in [-0.4, -0.2) is 0 Å². The normalized spacial score (nSPS) is 11.2. The van der Waals surface area contributed by atoms with Crippen LogP contribution in [-0.2, 0) is 0 Å². The highest BCUT2D eigenvalue weighted by atomic mass is 14.2. The van der Waals surface area contributed by atoms with Gasteiger partial charge in [-0.2, -0.15) is 0 Å². The molecule has 0 nitrogen and oxygen atoms in total. The summed E-state index contributed by atoms with van der Waals surface area (Å²) < 4.78 is 0. The molecule has 0 heteroatoms. The first-order valence-electron chi connectivity index (χ1n) is 4.87. The second-order valence-corrected chi connectivity index (χ2v) is 4.70.